The summed E-state index contributed by atoms with van der Waals surface area (Å²) < 4.78 is 16.7. The van der Waals surface area contributed by atoms with Gasteiger partial charge in [-0.3, -0.25) is 14.4 Å². The molecule has 0 bridgehead atoms. The molecule has 1 unspecified atom stereocenters. The Morgan fingerprint density at radius 2 is 0.600 bits per heavy atom. The normalized spacial score (nSPS) is 13.3. The Morgan fingerprint density at radius 1 is 0.323 bits per heavy atom. The van der Waals surface area contributed by atoms with Crippen LogP contribution < -0.4 is 0 Å². The predicted octanol–water partition coefficient (Wildman–Crippen LogP) is 16.9. The lowest BCUT2D eigenvalue weighted by Crippen LogP contribution is -2.30. The second-order valence-electron chi connectivity index (χ2n) is 16.2. The number of hydrogen-bond acceptors (Lipinski definition) is 6. The van der Waals surface area contributed by atoms with Crippen LogP contribution in [0, 0.1) is 0 Å². The Labute approximate surface area is 397 Å². The second kappa shape index (κ2) is 51.9. The van der Waals surface area contributed by atoms with Gasteiger partial charge in [-0.1, -0.05) is 231 Å². The van der Waals surface area contributed by atoms with Crippen LogP contribution in [0.5, 0.6) is 0 Å². The fourth-order valence-electron chi connectivity index (χ4n) is 6.30. The first-order valence-corrected chi connectivity index (χ1v) is 25.5. The molecule has 0 aromatic rings. The highest BCUT2D eigenvalue weighted by Crippen LogP contribution is 2.13. The Kier molecular flexibility index (Phi) is 48.2. The molecule has 0 aliphatic rings. The van der Waals surface area contributed by atoms with Crippen LogP contribution in [0.2, 0.25) is 0 Å². The van der Waals surface area contributed by atoms with E-state index < -0.39 is 6.10 Å². The van der Waals surface area contributed by atoms with Gasteiger partial charge in [-0.05, 0) is 83.5 Å². The van der Waals surface area contributed by atoms with Crippen molar-refractivity contribution in [2.75, 3.05) is 13.2 Å². The van der Waals surface area contributed by atoms with Crippen LogP contribution in [0.15, 0.2) is 146 Å². The highest BCUT2D eigenvalue weighted by molar-refractivity contribution is 5.71. The zero-order chi connectivity index (χ0) is 47.2. The van der Waals surface area contributed by atoms with Gasteiger partial charge in [0.2, 0.25) is 0 Å². The summed E-state index contributed by atoms with van der Waals surface area (Å²) >= 11 is 0. The van der Waals surface area contributed by atoms with E-state index in [0.29, 0.717) is 19.3 Å². The van der Waals surface area contributed by atoms with Gasteiger partial charge in [0, 0.05) is 19.3 Å². The smallest absolute Gasteiger partial charge is 0.306 e. The van der Waals surface area contributed by atoms with Gasteiger partial charge in [-0.25, -0.2) is 0 Å². The van der Waals surface area contributed by atoms with Crippen LogP contribution in [0.3, 0.4) is 0 Å². The maximum Gasteiger partial charge on any atom is 0.306 e. The molecule has 0 aromatic heterocycles. The Bertz CT molecular complexity index is 1490. The van der Waals surface area contributed by atoms with Crippen molar-refractivity contribution in [1.29, 1.82) is 0 Å². The Hall–Kier alpha value is -4.71. The van der Waals surface area contributed by atoms with Gasteiger partial charge in [0.05, 0.1) is 0 Å². The van der Waals surface area contributed by atoms with Crippen molar-refractivity contribution in [3.05, 3.63) is 146 Å². The van der Waals surface area contributed by atoms with Gasteiger partial charge in [-0.15, -0.1) is 0 Å². The van der Waals surface area contributed by atoms with Gasteiger partial charge in [0.25, 0.3) is 0 Å². The van der Waals surface area contributed by atoms with E-state index in [1.807, 2.05) is 79.0 Å². The van der Waals surface area contributed by atoms with Crippen LogP contribution in [-0.4, -0.2) is 37.2 Å². The number of esters is 3. The highest BCUT2D eigenvalue weighted by atomic mass is 16.6. The summed E-state index contributed by atoms with van der Waals surface area (Å²) in [5.74, 6) is -1.00. The van der Waals surface area contributed by atoms with E-state index >= 15 is 0 Å². The summed E-state index contributed by atoms with van der Waals surface area (Å²) in [5.41, 5.74) is 0. The van der Waals surface area contributed by atoms with Gasteiger partial charge in [-0.2, -0.15) is 0 Å². The molecule has 0 saturated heterocycles. The minimum atomic E-state index is -0.818. The van der Waals surface area contributed by atoms with E-state index in [9.17, 15) is 14.4 Å². The molecule has 0 spiro atoms. The summed E-state index contributed by atoms with van der Waals surface area (Å²) in [6.45, 7) is 6.23. The molecule has 0 rings (SSSR count). The molecule has 6 nitrogen and oxygen atoms in total. The van der Waals surface area contributed by atoms with Crippen LogP contribution >= 0.6 is 0 Å². The molecular weight excluding hydrogens is 805 g/mol. The molecule has 0 amide bonds. The third-order valence-corrected chi connectivity index (χ3v) is 10.1. The lowest BCUT2D eigenvalue weighted by molar-refractivity contribution is -0.167. The van der Waals surface area contributed by atoms with Gasteiger partial charge in [0.1, 0.15) is 13.2 Å². The summed E-state index contributed by atoms with van der Waals surface area (Å²) in [7, 11) is 0. The lowest BCUT2D eigenvalue weighted by atomic mass is 10.1. The average Bonchev–Trinajstić information content (AvgIpc) is 3.30. The first-order valence-electron chi connectivity index (χ1n) is 25.5. The molecule has 362 valence electrons. The average molecular weight is 895 g/mol. The molecule has 0 fully saturated rings. The number of carbonyl (C=O) groups excluding carboxylic acids is 3. The van der Waals surface area contributed by atoms with Gasteiger partial charge < -0.3 is 14.2 Å². The van der Waals surface area contributed by atoms with Gasteiger partial charge >= 0.3 is 17.9 Å². The standard InChI is InChI=1S/C59H90O6/c1-4-7-10-13-16-19-22-25-27-28-29-30-32-34-37-40-43-46-49-52-58(61)64-55-56(54-63-57(60)51-48-45-42-39-36-33-24-21-18-15-12-9-6-3)65-59(62)53-50-47-44-41-38-35-31-26-23-20-17-14-11-8-5-2/h7,9-10,12-13,15-30,32,34,37,56H,4-6,8,11,14,31,33,35-36,38-55H2,1-3H3/b10-7-,12-9-,16-13-,18-15-,20-17-,22-19-,24-21-,26-23-,27-25-,29-28+,32-30-,37-34-. The first-order chi connectivity index (χ1) is 32.0. The topological polar surface area (TPSA) is 78.9 Å². The molecule has 65 heavy (non-hydrogen) atoms. The minimum Gasteiger partial charge on any atom is -0.462 e. The van der Waals surface area contributed by atoms with Gasteiger partial charge in [0.15, 0.2) is 6.10 Å². The van der Waals surface area contributed by atoms with Crippen molar-refractivity contribution < 1.29 is 28.6 Å². The largest absolute Gasteiger partial charge is 0.462 e. The third kappa shape index (κ3) is 50.2. The fourth-order valence-corrected chi connectivity index (χ4v) is 6.30. The van der Waals surface area contributed by atoms with Crippen molar-refractivity contribution in [1.82, 2.24) is 0 Å². The summed E-state index contributed by atoms with van der Waals surface area (Å²) in [4.78, 5) is 38.0. The number of ether oxygens (including phenoxy) is 3. The predicted molar refractivity (Wildman–Crippen MR) is 279 cm³/mol. The van der Waals surface area contributed by atoms with E-state index in [4.69, 9.17) is 14.2 Å². The molecular formula is C59H90O6. The number of carbonyl (C=O) groups is 3. The van der Waals surface area contributed by atoms with Crippen LogP contribution in [0.4, 0.5) is 0 Å². The first kappa shape index (κ1) is 60.3. The molecule has 0 aliphatic carbocycles. The van der Waals surface area contributed by atoms with Crippen molar-refractivity contribution in [3.63, 3.8) is 0 Å². The molecule has 1 atom stereocenters. The summed E-state index contributed by atoms with van der Waals surface area (Å²) in [6, 6.07) is 0. The van der Waals surface area contributed by atoms with Crippen LogP contribution in [-0.2, 0) is 28.6 Å². The SMILES string of the molecule is CC\C=C/C=C\C=C/C=C\C=C\C=C/C=C\CCCCCC(=O)OCC(COC(=O)CCCCCCC\C=C/C=C\C=C/CC)OC(=O)CCCCCCCC/C=C\C=C/CCCCC. The second-order valence-corrected chi connectivity index (χ2v) is 16.2. The maximum atomic E-state index is 12.8. The third-order valence-electron chi connectivity index (χ3n) is 10.1. The zero-order valence-corrected chi connectivity index (χ0v) is 41.2. The van der Waals surface area contributed by atoms with Crippen LogP contribution in [0.1, 0.15) is 188 Å². The van der Waals surface area contributed by atoms with Crippen molar-refractivity contribution >= 4 is 17.9 Å². The molecule has 6 heteroatoms. The van der Waals surface area contributed by atoms with E-state index in [1.54, 1.807) is 0 Å². The van der Waals surface area contributed by atoms with E-state index in [-0.39, 0.29) is 31.1 Å². The molecule has 0 radical (unpaired) electrons. The van der Waals surface area contributed by atoms with Crippen LogP contribution in [0.25, 0.3) is 0 Å². The number of unbranched alkanes of at least 4 members (excludes halogenated alkanes) is 17. The molecule has 0 heterocycles. The molecule has 0 aromatic carbocycles. The van der Waals surface area contributed by atoms with E-state index in [0.717, 1.165) is 116 Å². The number of allylic oxidation sites excluding steroid dienone is 24. The molecule has 0 aliphatic heterocycles. The Balaban J connectivity index is 4.57. The lowest BCUT2D eigenvalue weighted by Gasteiger charge is -2.18. The summed E-state index contributed by atoms with van der Waals surface area (Å²) in [6.07, 6.45) is 73.9. The quantitative estimate of drug-likeness (QED) is 0.0263. The Morgan fingerprint density at radius 3 is 0.969 bits per heavy atom. The maximum absolute atomic E-state index is 12.8. The van der Waals surface area contributed by atoms with Crippen molar-refractivity contribution in [2.45, 2.75) is 194 Å². The molecule has 0 saturated carbocycles. The molecule has 0 N–H and O–H groups in total. The number of rotatable bonds is 43. The minimum absolute atomic E-state index is 0.115. The fraction of sp³-hybridized carbons (Fsp3) is 0.542. The highest BCUT2D eigenvalue weighted by Gasteiger charge is 2.19. The number of hydrogen-bond donors (Lipinski definition) is 0. The van der Waals surface area contributed by atoms with E-state index in [2.05, 4.69) is 87.6 Å². The summed E-state index contributed by atoms with van der Waals surface area (Å²) in [5, 5.41) is 0. The van der Waals surface area contributed by atoms with Crippen molar-refractivity contribution in [2.24, 2.45) is 0 Å². The monoisotopic (exact) mass is 895 g/mol. The zero-order valence-electron chi connectivity index (χ0n) is 41.2. The van der Waals surface area contributed by atoms with E-state index in [1.165, 1.54) is 32.1 Å². The van der Waals surface area contributed by atoms with Crippen molar-refractivity contribution in [3.8, 4) is 0 Å².